The zero-order valence-corrected chi connectivity index (χ0v) is 9.12. The molecular weight excluding hydrogens is 183 g/mol. The molecule has 1 atom stereocenters. The largest absolute Gasteiger partial charge is 0.295 e. The summed E-state index contributed by atoms with van der Waals surface area (Å²) in [7, 11) is 5.37. The van der Waals surface area contributed by atoms with Crippen LogP contribution in [0.25, 0.3) is 0 Å². The van der Waals surface area contributed by atoms with Crippen molar-refractivity contribution in [1.82, 2.24) is 0 Å². The first-order valence-corrected chi connectivity index (χ1v) is 5.58. The van der Waals surface area contributed by atoms with Gasteiger partial charge in [-0.1, -0.05) is 19.1 Å². The second-order valence-electron chi connectivity index (χ2n) is 4.33. The predicted molar refractivity (Wildman–Crippen MR) is 62.7 cm³/mol. The summed E-state index contributed by atoms with van der Waals surface area (Å²) in [5.74, 6) is 0.620. The van der Waals surface area contributed by atoms with E-state index in [2.05, 4.69) is 13.0 Å². The van der Waals surface area contributed by atoms with Crippen LogP contribution < -0.4 is 0 Å². The highest BCUT2D eigenvalue weighted by atomic mass is 16.1. The quantitative estimate of drug-likeness (QED) is 0.527. The maximum absolute atomic E-state index is 11.5. The average molecular weight is 198 g/mol. The molecule has 0 N–H and O–H groups in total. The molecule has 1 aromatic rings. The molecule has 15 heavy (non-hydrogen) atoms. The van der Waals surface area contributed by atoms with Crippen LogP contribution in [-0.2, 0) is 6.42 Å². The van der Waals surface area contributed by atoms with Crippen molar-refractivity contribution in [2.75, 3.05) is 0 Å². The number of rotatable bonds is 2. The molecule has 1 aromatic carbocycles. The Morgan fingerprint density at radius 2 is 2.33 bits per heavy atom. The van der Waals surface area contributed by atoms with E-state index in [1.807, 2.05) is 12.1 Å². The second-order valence-corrected chi connectivity index (χ2v) is 4.33. The fourth-order valence-corrected chi connectivity index (χ4v) is 2.33. The van der Waals surface area contributed by atoms with Gasteiger partial charge in [0.1, 0.15) is 0 Å². The summed E-state index contributed by atoms with van der Waals surface area (Å²) in [5.41, 5.74) is 3.52. The smallest absolute Gasteiger partial charge is 0.154 e. The van der Waals surface area contributed by atoms with E-state index in [0.717, 1.165) is 12.0 Å². The Bertz CT molecular complexity index is 384. The Morgan fingerprint density at radius 3 is 3.07 bits per heavy atom. The molecule has 0 amide bonds. The van der Waals surface area contributed by atoms with Gasteiger partial charge in [-0.2, -0.15) is 0 Å². The van der Waals surface area contributed by atoms with E-state index in [1.54, 1.807) is 0 Å². The molecular formula is C13H15BO. The van der Waals surface area contributed by atoms with Crippen LogP contribution in [0, 0.1) is 0 Å². The summed E-state index contributed by atoms with van der Waals surface area (Å²) in [6, 6.07) is 6.04. The molecule has 1 aliphatic carbocycles. The van der Waals surface area contributed by atoms with E-state index < -0.39 is 0 Å². The van der Waals surface area contributed by atoms with Crippen molar-refractivity contribution in [2.45, 2.75) is 38.4 Å². The van der Waals surface area contributed by atoms with Gasteiger partial charge in [-0.25, -0.2) is 0 Å². The molecule has 0 heterocycles. The van der Waals surface area contributed by atoms with Gasteiger partial charge in [-0.05, 0) is 48.7 Å². The third kappa shape index (κ3) is 1.99. The number of Topliss-reactive ketones (excluding diaryl/α,β-unsaturated/α-hetero) is 1. The number of hydrogen-bond acceptors (Lipinski definition) is 1. The lowest BCUT2D eigenvalue weighted by molar-refractivity contribution is 0.101. The number of benzene rings is 1. The summed E-state index contributed by atoms with van der Waals surface area (Å²) >= 11 is 0. The van der Waals surface area contributed by atoms with Gasteiger partial charge in [0.05, 0.1) is 7.85 Å². The van der Waals surface area contributed by atoms with Crippen molar-refractivity contribution < 1.29 is 4.79 Å². The molecule has 0 aromatic heterocycles. The number of ketones is 1. The van der Waals surface area contributed by atoms with Crippen LogP contribution in [-0.4, -0.2) is 13.6 Å². The average Bonchev–Trinajstić information content (AvgIpc) is 2.28. The van der Waals surface area contributed by atoms with E-state index in [-0.39, 0.29) is 12.1 Å². The SMILES string of the molecule is [B]CC(=O)c1ccc2c(c1)C(C)CCC2. The maximum atomic E-state index is 11.5. The van der Waals surface area contributed by atoms with E-state index in [0.29, 0.717) is 5.92 Å². The Labute approximate surface area is 92.3 Å². The van der Waals surface area contributed by atoms with Crippen LogP contribution in [0.5, 0.6) is 0 Å². The summed E-state index contributed by atoms with van der Waals surface area (Å²) in [6.07, 6.45) is 3.75. The lowest BCUT2D eigenvalue weighted by atomic mass is 9.82. The first-order valence-electron chi connectivity index (χ1n) is 5.58. The number of aryl methyl sites for hydroxylation is 1. The van der Waals surface area contributed by atoms with Crippen LogP contribution in [0.2, 0.25) is 6.32 Å². The van der Waals surface area contributed by atoms with Gasteiger partial charge in [0, 0.05) is 5.56 Å². The second kappa shape index (κ2) is 4.22. The van der Waals surface area contributed by atoms with Crippen molar-refractivity contribution in [3.05, 3.63) is 34.9 Å². The Hall–Kier alpha value is -1.05. The summed E-state index contributed by atoms with van der Waals surface area (Å²) in [4.78, 5) is 11.5. The number of fused-ring (bicyclic) bond motifs is 1. The van der Waals surface area contributed by atoms with Crippen molar-refractivity contribution >= 4 is 13.6 Å². The van der Waals surface area contributed by atoms with E-state index in [9.17, 15) is 4.79 Å². The number of carbonyl (C=O) groups excluding carboxylic acids is 1. The van der Waals surface area contributed by atoms with Gasteiger partial charge in [0.2, 0.25) is 0 Å². The normalized spacial score (nSPS) is 19.7. The summed E-state index contributed by atoms with van der Waals surface area (Å²) in [5, 5.41) is 0. The first-order chi connectivity index (χ1) is 7.22. The maximum Gasteiger partial charge on any atom is 0.154 e. The molecule has 1 nitrogen and oxygen atoms in total. The molecule has 0 fully saturated rings. The van der Waals surface area contributed by atoms with Crippen LogP contribution in [0.1, 0.15) is 47.2 Å². The third-order valence-electron chi connectivity index (χ3n) is 3.27. The third-order valence-corrected chi connectivity index (χ3v) is 3.27. The highest BCUT2D eigenvalue weighted by molar-refractivity contribution is 6.24. The predicted octanol–water partition coefficient (Wildman–Crippen LogP) is 2.90. The van der Waals surface area contributed by atoms with Crippen molar-refractivity contribution in [2.24, 2.45) is 0 Å². The summed E-state index contributed by atoms with van der Waals surface area (Å²) in [6.45, 7) is 2.23. The number of carbonyl (C=O) groups is 1. The molecule has 76 valence electrons. The molecule has 2 rings (SSSR count). The van der Waals surface area contributed by atoms with Gasteiger partial charge < -0.3 is 0 Å². The van der Waals surface area contributed by atoms with Crippen LogP contribution in [0.3, 0.4) is 0 Å². The molecule has 0 saturated heterocycles. The fourth-order valence-electron chi connectivity index (χ4n) is 2.33. The molecule has 0 spiro atoms. The highest BCUT2D eigenvalue weighted by Gasteiger charge is 2.17. The number of hydrogen-bond donors (Lipinski definition) is 0. The first kappa shape index (κ1) is 10.5. The Balaban J connectivity index is 2.39. The highest BCUT2D eigenvalue weighted by Crippen LogP contribution is 2.31. The lowest BCUT2D eigenvalue weighted by Crippen LogP contribution is -2.09. The van der Waals surface area contributed by atoms with E-state index in [1.165, 1.54) is 24.0 Å². The molecule has 0 bridgehead atoms. The minimum absolute atomic E-state index is 0.0376. The van der Waals surface area contributed by atoms with Crippen LogP contribution in [0.4, 0.5) is 0 Å². The van der Waals surface area contributed by atoms with Gasteiger partial charge in [-0.3, -0.25) is 4.79 Å². The van der Waals surface area contributed by atoms with E-state index in [4.69, 9.17) is 7.85 Å². The van der Waals surface area contributed by atoms with E-state index >= 15 is 0 Å². The Kier molecular flexibility index (Phi) is 2.94. The molecule has 1 aliphatic rings. The lowest BCUT2D eigenvalue weighted by Gasteiger charge is -2.22. The zero-order chi connectivity index (χ0) is 10.8. The monoisotopic (exact) mass is 198 g/mol. The van der Waals surface area contributed by atoms with Crippen LogP contribution >= 0.6 is 0 Å². The Morgan fingerprint density at radius 1 is 1.53 bits per heavy atom. The minimum Gasteiger partial charge on any atom is -0.295 e. The topological polar surface area (TPSA) is 17.1 Å². The van der Waals surface area contributed by atoms with Gasteiger partial charge in [0.15, 0.2) is 5.78 Å². The standard InChI is InChI=1S/C13H15BO/c1-9-3-2-4-10-5-6-11(7-12(9)10)13(15)8-14/h5-7,9H,2-4,8H2,1H3. The molecule has 2 radical (unpaired) electrons. The zero-order valence-electron chi connectivity index (χ0n) is 9.12. The molecule has 2 heteroatoms. The van der Waals surface area contributed by atoms with Crippen LogP contribution in [0.15, 0.2) is 18.2 Å². The van der Waals surface area contributed by atoms with Gasteiger partial charge in [0.25, 0.3) is 0 Å². The summed E-state index contributed by atoms with van der Waals surface area (Å²) < 4.78 is 0. The van der Waals surface area contributed by atoms with Crippen molar-refractivity contribution in [1.29, 1.82) is 0 Å². The minimum atomic E-state index is 0.0376. The molecule has 1 unspecified atom stereocenters. The molecule has 0 aliphatic heterocycles. The van der Waals surface area contributed by atoms with Gasteiger partial charge in [-0.15, -0.1) is 0 Å². The van der Waals surface area contributed by atoms with Crippen molar-refractivity contribution in [3.63, 3.8) is 0 Å². The molecule has 0 saturated carbocycles. The fraction of sp³-hybridized carbons (Fsp3) is 0.462. The van der Waals surface area contributed by atoms with Crippen molar-refractivity contribution in [3.8, 4) is 0 Å². The van der Waals surface area contributed by atoms with Gasteiger partial charge >= 0.3 is 0 Å².